The minimum atomic E-state index is -0.650. The average Bonchev–Trinajstić information content (AvgIpc) is 2.46. The van der Waals surface area contributed by atoms with Crippen LogP contribution in [0, 0.1) is 10.1 Å². The second-order valence-electron chi connectivity index (χ2n) is 5.14. The normalized spacial score (nSPS) is 18.3. The fourth-order valence-electron chi connectivity index (χ4n) is 2.70. The van der Waals surface area contributed by atoms with E-state index in [4.69, 9.17) is 5.73 Å². The summed E-state index contributed by atoms with van der Waals surface area (Å²) < 4.78 is 0. The van der Waals surface area contributed by atoms with Gasteiger partial charge in [-0.05, 0) is 38.3 Å². The van der Waals surface area contributed by atoms with Gasteiger partial charge in [0.25, 0.3) is 5.69 Å². The van der Waals surface area contributed by atoms with Gasteiger partial charge >= 0.3 is 0 Å². The van der Waals surface area contributed by atoms with E-state index < -0.39 is 10.8 Å². The number of nitro benzene ring substituents is 1. The molecule has 112 valence electrons. The number of nitro groups is 1. The summed E-state index contributed by atoms with van der Waals surface area (Å²) in [5, 5.41) is 11.2. The van der Waals surface area contributed by atoms with E-state index in [1.165, 1.54) is 25.1 Å². The lowest BCUT2D eigenvalue weighted by atomic mass is 9.97. The number of nitrogens with zero attached hydrogens (tertiary/aromatic N) is 2. The first kappa shape index (κ1) is 15.0. The van der Waals surface area contributed by atoms with E-state index in [0.29, 0.717) is 13.0 Å². The summed E-state index contributed by atoms with van der Waals surface area (Å²) in [6, 6.07) is 3.61. The van der Waals surface area contributed by atoms with Gasteiger partial charge in [-0.25, -0.2) is 0 Å². The monoisotopic (exact) mass is 291 g/mol. The smallest absolute Gasteiger partial charge is 0.292 e. The molecule has 0 saturated carbocycles. The number of piperidine rings is 1. The molecule has 1 saturated heterocycles. The van der Waals surface area contributed by atoms with Crippen LogP contribution in [0.2, 0.25) is 0 Å². The molecule has 2 rings (SSSR count). The second kappa shape index (κ2) is 5.90. The fraction of sp³-hybridized carbons (Fsp3) is 0.429. The zero-order valence-corrected chi connectivity index (χ0v) is 11.7. The van der Waals surface area contributed by atoms with Crippen LogP contribution in [0.15, 0.2) is 18.2 Å². The molecule has 1 aromatic rings. The molecule has 0 radical (unpaired) electrons. The molecule has 0 bridgehead atoms. The first-order valence-corrected chi connectivity index (χ1v) is 6.77. The van der Waals surface area contributed by atoms with Crippen molar-refractivity contribution in [3.05, 3.63) is 33.9 Å². The highest BCUT2D eigenvalue weighted by Gasteiger charge is 2.31. The summed E-state index contributed by atoms with van der Waals surface area (Å²) in [5.74, 6) is -0.684. The van der Waals surface area contributed by atoms with Gasteiger partial charge in [-0.2, -0.15) is 0 Å². The van der Waals surface area contributed by atoms with Gasteiger partial charge in [-0.15, -0.1) is 0 Å². The van der Waals surface area contributed by atoms with Crippen molar-refractivity contribution in [3.8, 4) is 0 Å². The molecule has 1 aliphatic rings. The third-order valence-electron chi connectivity index (χ3n) is 3.74. The molecule has 1 atom stereocenters. The Bertz CT molecular complexity index is 600. The standard InChI is InChI=1S/C14H17N3O4/c1-9(18)11-4-2-3-7-16(11)13-8-10(14(15)19)5-6-12(13)17(20)21/h5-6,8,11H,2-4,7H2,1H3,(H2,15,19). The van der Waals surface area contributed by atoms with Crippen molar-refractivity contribution in [1.29, 1.82) is 0 Å². The summed E-state index contributed by atoms with van der Waals surface area (Å²) in [4.78, 5) is 35.5. The van der Waals surface area contributed by atoms with Crippen LogP contribution in [0.1, 0.15) is 36.5 Å². The van der Waals surface area contributed by atoms with Crippen molar-refractivity contribution in [1.82, 2.24) is 0 Å². The third kappa shape index (κ3) is 3.01. The van der Waals surface area contributed by atoms with Crippen LogP contribution in [0.5, 0.6) is 0 Å². The third-order valence-corrected chi connectivity index (χ3v) is 3.74. The number of carbonyl (C=O) groups is 2. The van der Waals surface area contributed by atoms with Gasteiger partial charge in [0.15, 0.2) is 5.78 Å². The SMILES string of the molecule is CC(=O)C1CCCCN1c1cc(C(N)=O)ccc1[N+](=O)[O-]. The number of amides is 1. The van der Waals surface area contributed by atoms with Crippen LogP contribution in [-0.4, -0.2) is 29.2 Å². The number of hydrogen-bond donors (Lipinski definition) is 1. The highest BCUT2D eigenvalue weighted by molar-refractivity contribution is 5.95. The van der Waals surface area contributed by atoms with Crippen molar-refractivity contribution in [2.75, 3.05) is 11.4 Å². The minimum Gasteiger partial charge on any atom is -0.366 e. The largest absolute Gasteiger partial charge is 0.366 e. The molecule has 1 heterocycles. The van der Waals surface area contributed by atoms with Gasteiger partial charge in [0.2, 0.25) is 5.91 Å². The van der Waals surface area contributed by atoms with Gasteiger partial charge in [0, 0.05) is 18.2 Å². The number of rotatable bonds is 4. The summed E-state index contributed by atoms with van der Waals surface area (Å²) >= 11 is 0. The predicted octanol–water partition coefficient (Wildman–Crippen LogP) is 1.64. The van der Waals surface area contributed by atoms with Crippen molar-refractivity contribution in [2.24, 2.45) is 5.73 Å². The summed E-state index contributed by atoms with van der Waals surface area (Å²) in [6.07, 6.45) is 2.42. The van der Waals surface area contributed by atoms with E-state index in [9.17, 15) is 19.7 Å². The Hall–Kier alpha value is -2.44. The zero-order valence-electron chi connectivity index (χ0n) is 11.7. The highest BCUT2D eigenvalue weighted by Crippen LogP contribution is 2.34. The topological polar surface area (TPSA) is 107 Å². The van der Waals surface area contributed by atoms with E-state index >= 15 is 0 Å². The van der Waals surface area contributed by atoms with E-state index in [2.05, 4.69) is 0 Å². The number of Topliss-reactive ketones (excluding diaryl/α,β-unsaturated/α-hetero) is 1. The molecular weight excluding hydrogens is 274 g/mol. The van der Waals surface area contributed by atoms with Gasteiger partial charge in [0.1, 0.15) is 5.69 Å². The Labute approximate surface area is 121 Å². The van der Waals surface area contributed by atoms with Crippen LogP contribution in [0.4, 0.5) is 11.4 Å². The fourth-order valence-corrected chi connectivity index (χ4v) is 2.70. The average molecular weight is 291 g/mol. The molecule has 21 heavy (non-hydrogen) atoms. The maximum atomic E-state index is 11.8. The van der Waals surface area contributed by atoms with E-state index in [1.807, 2.05) is 0 Å². The Morgan fingerprint density at radius 1 is 1.38 bits per heavy atom. The molecule has 7 heteroatoms. The van der Waals surface area contributed by atoms with Crippen molar-refractivity contribution in [3.63, 3.8) is 0 Å². The summed E-state index contributed by atoms with van der Waals surface area (Å²) in [6.45, 7) is 2.03. The molecular formula is C14H17N3O4. The number of hydrogen-bond acceptors (Lipinski definition) is 5. The Morgan fingerprint density at radius 2 is 2.10 bits per heavy atom. The first-order chi connectivity index (χ1) is 9.91. The Kier molecular flexibility index (Phi) is 4.21. The van der Waals surface area contributed by atoms with E-state index in [1.54, 1.807) is 4.90 Å². The maximum Gasteiger partial charge on any atom is 0.292 e. The summed E-state index contributed by atoms with van der Waals surface area (Å²) in [5.41, 5.74) is 5.61. The minimum absolute atomic E-state index is 0.0338. The first-order valence-electron chi connectivity index (χ1n) is 6.77. The molecule has 1 aliphatic heterocycles. The number of carbonyl (C=O) groups excluding carboxylic acids is 2. The molecule has 0 spiro atoms. The van der Waals surface area contributed by atoms with Crippen molar-refractivity contribution < 1.29 is 14.5 Å². The number of ketones is 1. The predicted molar refractivity (Wildman–Crippen MR) is 77.3 cm³/mol. The quantitative estimate of drug-likeness (QED) is 0.670. The lowest BCUT2D eigenvalue weighted by Gasteiger charge is -2.35. The molecule has 1 amide bonds. The zero-order chi connectivity index (χ0) is 15.6. The van der Waals surface area contributed by atoms with Crippen LogP contribution in [-0.2, 0) is 4.79 Å². The lowest BCUT2D eigenvalue weighted by Crippen LogP contribution is -2.44. The van der Waals surface area contributed by atoms with Gasteiger partial charge < -0.3 is 10.6 Å². The van der Waals surface area contributed by atoms with E-state index in [0.717, 1.165) is 12.8 Å². The van der Waals surface area contributed by atoms with Crippen LogP contribution in [0.25, 0.3) is 0 Å². The molecule has 1 aromatic carbocycles. The number of primary amides is 1. The van der Waals surface area contributed by atoms with Crippen LogP contribution < -0.4 is 10.6 Å². The molecule has 1 fully saturated rings. The highest BCUT2D eigenvalue weighted by atomic mass is 16.6. The number of anilines is 1. The molecule has 7 nitrogen and oxygen atoms in total. The molecule has 0 aromatic heterocycles. The number of benzene rings is 1. The molecule has 2 N–H and O–H groups in total. The van der Waals surface area contributed by atoms with Crippen molar-refractivity contribution >= 4 is 23.1 Å². The lowest BCUT2D eigenvalue weighted by molar-refractivity contribution is -0.384. The molecule has 1 unspecified atom stereocenters. The summed E-state index contributed by atoms with van der Waals surface area (Å²) in [7, 11) is 0. The Balaban J connectivity index is 2.52. The van der Waals surface area contributed by atoms with Crippen molar-refractivity contribution in [2.45, 2.75) is 32.2 Å². The van der Waals surface area contributed by atoms with Crippen LogP contribution >= 0.6 is 0 Å². The number of nitrogens with two attached hydrogens (primary N) is 1. The van der Waals surface area contributed by atoms with Crippen LogP contribution in [0.3, 0.4) is 0 Å². The van der Waals surface area contributed by atoms with E-state index in [-0.39, 0.29) is 28.8 Å². The van der Waals surface area contributed by atoms with Gasteiger partial charge in [0.05, 0.1) is 11.0 Å². The van der Waals surface area contributed by atoms with Gasteiger partial charge in [-0.1, -0.05) is 0 Å². The molecule has 0 aliphatic carbocycles. The van der Waals surface area contributed by atoms with Gasteiger partial charge in [-0.3, -0.25) is 19.7 Å². The second-order valence-corrected chi connectivity index (χ2v) is 5.14. The Morgan fingerprint density at radius 3 is 2.67 bits per heavy atom. The maximum absolute atomic E-state index is 11.8.